The molecule has 2 aromatic rings. The highest BCUT2D eigenvalue weighted by Crippen LogP contribution is 2.42. The van der Waals surface area contributed by atoms with Gasteiger partial charge in [-0.1, -0.05) is 38.6 Å². The van der Waals surface area contributed by atoms with Crippen LogP contribution >= 0.6 is 11.8 Å². The lowest BCUT2D eigenvalue weighted by Crippen LogP contribution is -2.38. The molecule has 6 heteroatoms. The summed E-state index contributed by atoms with van der Waals surface area (Å²) in [7, 11) is 0. The number of aromatic nitrogens is 2. The van der Waals surface area contributed by atoms with E-state index < -0.39 is 0 Å². The molecule has 0 N–H and O–H groups in total. The first-order chi connectivity index (χ1) is 12.9. The van der Waals surface area contributed by atoms with Crippen LogP contribution in [-0.2, 0) is 18.4 Å². The zero-order valence-corrected chi connectivity index (χ0v) is 16.7. The van der Waals surface area contributed by atoms with E-state index in [1.54, 1.807) is 22.4 Å². The average molecular weight is 382 g/mol. The van der Waals surface area contributed by atoms with Gasteiger partial charge >= 0.3 is 0 Å². The fourth-order valence-electron chi connectivity index (χ4n) is 3.59. The molecule has 3 rings (SSSR count). The van der Waals surface area contributed by atoms with Gasteiger partial charge in [0.25, 0.3) is 5.56 Å². The first-order valence-corrected chi connectivity index (χ1v) is 9.93. The van der Waals surface area contributed by atoms with Gasteiger partial charge in [-0.3, -0.25) is 9.36 Å². The molecule has 0 saturated heterocycles. The Bertz CT molecular complexity index is 986. The van der Waals surface area contributed by atoms with Gasteiger partial charge in [-0.2, -0.15) is 5.26 Å². The topological polar surface area (TPSA) is 67.9 Å². The molecule has 0 bridgehead atoms. The first kappa shape index (κ1) is 19.2. The third kappa shape index (κ3) is 3.52. The molecule has 1 aliphatic carbocycles. The van der Waals surface area contributed by atoms with Crippen molar-refractivity contribution in [2.45, 2.75) is 44.3 Å². The van der Waals surface area contributed by atoms with Crippen LogP contribution in [-0.4, -0.2) is 21.9 Å². The summed E-state index contributed by atoms with van der Waals surface area (Å²) >= 11 is 1.56. The molecule has 1 aliphatic rings. The molecule has 1 aromatic heterocycles. The lowest BCUT2D eigenvalue weighted by atomic mass is 9.72. The van der Waals surface area contributed by atoms with Gasteiger partial charge in [0, 0.05) is 23.1 Å². The second-order valence-electron chi connectivity index (χ2n) is 7.08. The molecule has 0 saturated carbocycles. The summed E-state index contributed by atoms with van der Waals surface area (Å²) in [6.45, 7) is 10.4. The molecule has 0 fully saturated rings. The fourth-order valence-corrected chi connectivity index (χ4v) is 4.31. The number of rotatable bonds is 6. The summed E-state index contributed by atoms with van der Waals surface area (Å²) in [6.07, 6.45) is 2.45. The van der Waals surface area contributed by atoms with Gasteiger partial charge in [-0.05, 0) is 35.9 Å². The van der Waals surface area contributed by atoms with Crippen LogP contribution in [0, 0.1) is 11.3 Å². The Kier molecular flexibility index (Phi) is 5.43. The van der Waals surface area contributed by atoms with Crippen molar-refractivity contribution < 1.29 is 4.74 Å². The molecule has 140 valence electrons. The molecule has 0 unspecified atom stereocenters. The van der Waals surface area contributed by atoms with E-state index in [4.69, 9.17) is 15.0 Å². The van der Waals surface area contributed by atoms with Crippen LogP contribution in [0.1, 0.15) is 31.9 Å². The van der Waals surface area contributed by atoms with E-state index in [9.17, 15) is 4.79 Å². The monoisotopic (exact) mass is 381 g/mol. The average Bonchev–Trinajstić information content (AvgIpc) is 2.62. The quantitative estimate of drug-likeness (QED) is 0.431. The van der Waals surface area contributed by atoms with Gasteiger partial charge in [0.1, 0.15) is 11.8 Å². The highest BCUT2D eigenvalue weighted by molar-refractivity contribution is 7.99. The Morgan fingerprint density at radius 3 is 2.93 bits per heavy atom. The number of thioether (sulfide) groups is 1. The summed E-state index contributed by atoms with van der Waals surface area (Å²) in [4.78, 5) is 18.2. The van der Waals surface area contributed by atoms with Crippen molar-refractivity contribution in [1.29, 1.82) is 5.26 Å². The zero-order chi connectivity index (χ0) is 19.6. The van der Waals surface area contributed by atoms with Crippen LogP contribution in [0.5, 0.6) is 5.75 Å². The van der Waals surface area contributed by atoms with Crippen molar-refractivity contribution >= 4 is 11.8 Å². The van der Waals surface area contributed by atoms with Gasteiger partial charge in [0.2, 0.25) is 0 Å². The molecule has 5 nitrogen and oxygen atoms in total. The Balaban J connectivity index is 2.24. The maximum absolute atomic E-state index is 13.3. The number of hydrogen-bond donors (Lipinski definition) is 0. The van der Waals surface area contributed by atoms with E-state index in [0.717, 1.165) is 33.3 Å². The fraction of sp³-hybridized carbons (Fsp3) is 0.381. The number of ether oxygens (including phenoxy) is 1. The molecule has 0 spiro atoms. The maximum Gasteiger partial charge on any atom is 0.258 e. The van der Waals surface area contributed by atoms with Crippen LogP contribution in [0.3, 0.4) is 0 Å². The van der Waals surface area contributed by atoms with Gasteiger partial charge < -0.3 is 4.74 Å². The van der Waals surface area contributed by atoms with Crippen molar-refractivity contribution in [3.63, 3.8) is 0 Å². The molecule has 0 amide bonds. The predicted octanol–water partition coefficient (Wildman–Crippen LogP) is 3.94. The van der Waals surface area contributed by atoms with Gasteiger partial charge in [-0.25, -0.2) is 4.98 Å². The summed E-state index contributed by atoms with van der Waals surface area (Å²) < 4.78 is 7.17. The third-order valence-corrected chi connectivity index (χ3v) is 5.52. The minimum atomic E-state index is -0.349. The Labute approximate surface area is 163 Å². The number of benzene rings is 1. The Morgan fingerprint density at radius 1 is 1.48 bits per heavy atom. The zero-order valence-electron chi connectivity index (χ0n) is 15.9. The van der Waals surface area contributed by atoms with Crippen molar-refractivity contribution in [2.24, 2.45) is 0 Å². The number of allylic oxidation sites excluding steroid dienone is 1. The lowest BCUT2D eigenvalue weighted by molar-refractivity contribution is 0.367. The van der Waals surface area contributed by atoms with E-state index in [1.165, 1.54) is 0 Å². The van der Waals surface area contributed by atoms with Crippen LogP contribution < -0.4 is 10.3 Å². The minimum absolute atomic E-state index is 0.0105. The van der Waals surface area contributed by atoms with Crippen LogP contribution in [0.25, 0.3) is 11.3 Å². The molecule has 1 aromatic carbocycles. The first-order valence-electron chi connectivity index (χ1n) is 8.95. The molecular formula is C21H23N3O2S. The number of fused-ring (bicyclic) bond motifs is 3. The molecule has 1 heterocycles. The number of nitrogens with zero attached hydrogens (tertiary/aromatic N) is 3. The highest BCUT2D eigenvalue weighted by Gasteiger charge is 2.36. The van der Waals surface area contributed by atoms with Crippen molar-refractivity contribution in [1.82, 2.24) is 9.55 Å². The molecule has 27 heavy (non-hydrogen) atoms. The smallest absolute Gasteiger partial charge is 0.258 e. The number of hydrogen-bond acceptors (Lipinski definition) is 5. The Hall–Kier alpha value is -2.52. The molecule has 0 atom stereocenters. The minimum Gasteiger partial charge on any atom is -0.479 e. The van der Waals surface area contributed by atoms with Gasteiger partial charge in [0.05, 0.1) is 5.69 Å². The van der Waals surface area contributed by atoms with Crippen molar-refractivity contribution in [3.8, 4) is 23.1 Å². The van der Waals surface area contributed by atoms with Crippen LogP contribution in [0.15, 0.2) is 40.8 Å². The van der Waals surface area contributed by atoms with Crippen LogP contribution in [0.2, 0.25) is 0 Å². The van der Waals surface area contributed by atoms with E-state index in [1.807, 2.05) is 31.2 Å². The second-order valence-corrected chi connectivity index (χ2v) is 8.31. The SMILES string of the molecule is C=CCn1c(SCC)nc2c(c1=O)C(C)(C)Cc1cc(OCC#N)ccc1-2. The standard InChI is InChI=1S/C21H23N3O2S/c1-5-10-24-19(25)17-18(23-20(24)27-6-2)16-8-7-15(26-11-9-22)12-14(16)13-21(17,3)4/h5,7-8,12H,1,6,10-11,13H2,2-4H3. The van der Waals surface area contributed by atoms with E-state index in [-0.39, 0.29) is 17.6 Å². The summed E-state index contributed by atoms with van der Waals surface area (Å²) in [5.74, 6) is 1.50. The van der Waals surface area contributed by atoms with Crippen LogP contribution in [0.4, 0.5) is 0 Å². The summed E-state index contributed by atoms with van der Waals surface area (Å²) in [6, 6.07) is 7.73. The summed E-state index contributed by atoms with van der Waals surface area (Å²) in [5.41, 5.74) is 3.23. The predicted molar refractivity (Wildman–Crippen MR) is 108 cm³/mol. The third-order valence-electron chi connectivity index (χ3n) is 4.66. The second kappa shape index (κ2) is 7.61. The normalized spacial score (nSPS) is 14.0. The van der Waals surface area contributed by atoms with E-state index in [0.29, 0.717) is 18.7 Å². The van der Waals surface area contributed by atoms with E-state index in [2.05, 4.69) is 20.4 Å². The highest BCUT2D eigenvalue weighted by atomic mass is 32.2. The summed E-state index contributed by atoms with van der Waals surface area (Å²) in [5, 5.41) is 9.45. The van der Waals surface area contributed by atoms with Crippen molar-refractivity contribution in [2.75, 3.05) is 12.4 Å². The molecular weight excluding hydrogens is 358 g/mol. The molecule has 0 radical (unpaired) electrons. The van der Waals surface area contributed by atoms with Gasteiger partial charge in [-0.15, -0.1) is 6.58 Å². The number of nitriles is 1. The Morgan fingerprint density at radius 2 is 2.26 bits per heavy atom. The van der Waals surface area contributed by atoms with Gasteiger partial charge in [0.15, 0.2) is 11.8 Å². The van der Waals surface area contributed by atoms with Crippen molar-refractivity contribution in [3.05, 3.63) is 52.3 Å². The molecule has 0 aliphatic heterocycles. The largest absolute Gasteiger partial charge is 0.479 e. The maximum atomic E-state index is 13.3. The lowest BCUT2D eigenvalue weighted by Gasteiger charge is -2.33. The van der Waals surface area contributed by atoms with E-state index >= 15 is 0 Å².